The first kappa shape index (κ1) is 14.8. The Labute approximate surface area is 125 Å². The fourth-order valence-electron chi connectivity index (χ4n) is 1.97. The van der Waals surface area contributed by atoms with Gasteiger partial charge in [-0.3, -0.25) is 9.00 Å². The van der Waals surface area contributed by atoms with E-state index in [0.717, 1.165) is 16.7 Å². The van der Waals surface area contributed by atoms with Crippen molar-refractivity contribution in [1.29, 1.82) is 0 Å². The van der Waals surface area contributed by atoms with Crippen molar-refractivity contribution >= 4 is 28.3 Å². The molecule has 0 radical (unpaired) electrons. The SMILES string of the molecule is NC(=O)C[S@](=O)Cc1ccccc1-c1ccccc1Cl. The highest BCUT2D eigenvalue weighted by Crippen LogP contribution is 2.30. The van der Waals surface area contributed by atoms with Crippen LogP contribution in [0.25, 0.3) is 11.1 Å². The normalized spacial score (nSPS) is 12.1. The van der Waals surface area contributed by atoms with Gasteiger partial charge in [0, 0.05) is 27.1 Å². The summed E-state index contributed by atoms with van der Waals surface area (Å²) in [7, 11) is -1.31. The van der Waals surface area contributed by atoms with E-state index in [-0.39, 0.29) is 11.5 Å². The van der Waals surface area contributed by atoms with E-state index in [4.69, 9.17) is 17.3 Å². The number of carbonyl (C=O) groups excluding carboxylic acids is 1. The minimum absolute atomic E-state index is 0.128. The molecule has 0 saturated carbocycles. The highest BCUT2D eigenvalue weighted by atomic mass is 35.5. The van der Waals surface area contributed by atoms with Crippen molar-refractivity contribution in [3.63, 3.8) is 0 Å². The number of carbonyl (C=O) groups is 1. The monoisotopic (exact) mass is 307 g/mol. The first-order valence-corrected chi connectivity index (χ1v) is 7.90. The van der Waals surface area contributed by atoms with E-state index in [2.05, 4.69) is 0 Å². The maximum absolute atomic E-state index is 11.9. The van der Waals surface area contributed by atoms with E-state index < -0.39 is 16.7 Å². The Bertz CT molecular complexity index is 658. The molecule has 5 heteroatoms. The number of rotatable bonds is 5. The summed E-state index contributed by atoms with van der Waals surface area (Å²) in [5.74, 6) is -0.403. The van der Waals surface area contributed by atoms with Crippen molar-refractivity contribution in [2.75, 3.05) is 5.75 Å². The van der Waals surface area contributed by atoms with Gasteiger partial charge < -0.3 is 5.73 Å². The average Bonchev–Trinajstić information content (AvgIpc) is 2.39. The standard InChI is InChI=1S/C15H14ClNO2S/c16-14-8-4-3-7-13(14)12-6-2-1-5-11(12)9-20(19)10-15(17)18/h1-8H,9-10H2,(H2,17,18)/t20-/m1/s1. The fourth-order valence-corrected chi connectivity index (χ4v) is 3.23. The zero-order chi connectivity index (χ0) is 14.5. The highest BCUT2D eigenvalue weighted by Gasteiger charge is 2.11. The Morgan fingerprint density at radius 2 is 1.65 bits per heavy atom. The minimum atomic E-state index is -1.31. The molecule has 1 amide bonds. The smallest absolute Gasteiger partial charge is 0.230 e. The summed E-state index contributed by atoms with van der Waals surface area (Å²) in [5.41, 5.74) is 7.77. The van der Waals surface area contributed by atoms with Gasteiger partial charge in [-0.25, -0.2) is 0 Å². The van der Waals surface area contributed by atoms with Crippen LogP contribution in [0.15, 0.2) is 48.5 Å². The number of hydrogen-bond donors (Lipinski definition) is 1. The second kappa shape index (κ2) is 6.68. The van der Waals surface area contributed by atoms with Crippen LogP contribution in [0.3, 0.4) is 0 Å². The third-order valence-electron chi connectivity index (χ3n) is 2.80. The third kappa shape index (κ3) is 3.68. The second-order valence-electron chi connectivity index (χ2n) is 4.33. The van der Waals surface area contributed by atoms with Gasteiger partial charge in [0.05, 0.1) is 0 Å². The Kier molecular flexibility index (Phi) is 4.93. The number of halogens is 1. The van der Waals surface area contributed by atoms with Gasteiger partial charge in [0.25, 0.3) is 0 Å². The average molecular weight is 308 g/mol. The van der Waals surface area contributed by atoms with E-state index >= 15 is 0 Å². The third-order valence-corrected chi connectivity index (χ3v) is 4.37. The van der Waals surface area contributed by atoms with Crippen LogP contribution in [0.4, 0.5) is 0 Å². The lowest BCUT2D eigenvalue weighted by atomic mass is 10.0. The Morgan fingerprint density at radius 1 is 1.05 bits per heavy atom. The van der Waals surface area contributed by atoms with Gasteiger partial charge in [-0.2, -0.15) is 0 Å². The molecule has 104 valence electrons. The lowest BCUT2D eigenvalue weighted by molar-refractivity contribution is -0.115. The molecule has 0 spiro atoms. The molecule has 1 atom stereocenters. The highest BCUT2D eigenvalue weighted by molar-refractivity contribution is 7.84. The van der Waals surface area contributed by atoms with Crippen LogP contribution in [-0.4, -0.2) is 15.9 Å². The number of nitrogens with two attached hydrogens (primary N) is 1. The summed E-state index contributed by atoms with van der Waals surface area (Å²) in [6, 6.07) is 15.1. The molecule has 0 heterocycles. The Hall–Kier alpha value is -1.65. The van der Waals surface area contributed by atoms with Gasteiger partial charge in [-0.05, 0) is 17.2 Å². The van der Waals surface area contributed by atoms with Crippen molar-refractivity contribution in [3.05, 3.63) is 59.1 Å². The van der Waals surface area contributed by atoms with Crippen molar-refractivity contribution in [1.82, 2.24) is 0 Å². The minimum Gasteiger partial charge on any atom is -0.369 e. The molecule has 0 fully saturated rings. The number of benzene rings is 2. The van der Waals surface area contributed by atoms with Gasteiger partial charge in [0.1, 0.15) is 5.75 Å². The van der Waals surface area contributed by atoms with Gasteiger partial charge in [0.15, 0.2) is 0 Å². The molecule has 20 heavy (non-hydrogen) atoms. The van der Waals surface area contributed by atoms with Gasteiger partial charge in [0.2, 0.25) is 5.91 Å². The molecule has 0 saturated heterocycles. The van der Waals surface area contributed by atoms with E-state index in [9.17, 15) is 9.00 Å². The molecule has 3 nitrogen and oxygen atoms in total. The fraction of sp³-hybridized carbons (Fsp3) is 0.133. The summed E-state index contributed by atoms with van der Waals surface area (Å²) in [5, 5.41) is 0.639. The van der Waals surface area contributed by atoms with Crippen molar-refractivity contribution in [3.8, 4) is 11.1 Å². The lowest BCUT2D eigenvalue weighted by Crippen LogP contribution is -2.20. The number of hydrogen-bond acceptors (Lipinski definition) is 2. The van der Waals surface area contributed by atoms with Gasteiger partial charge >= 0.3 is 0 Å². The van der Waals surface area contributed by atoms with Crippen LogP contribution in [0.2, 0.25) is 5.02 Å². The van der Waals surface area contributed by atoms with Crippen LogP contribution < -0.4 is 5.73 Å². The molecule has 2 N–H and O–H groups in total. The first-order valence-electron chi connectivity index (χ1n) is 6.04. The largest absolute Gasteiger partial charge is 0.369 e. The first-order chi connectivity index (χ1) is 9.58. The molecular weight excluding hydrogens is 294 g/mol. The van der Waals surface area contributed by atoms with Gasteiger partial charge in [-0.1, -0.05) is 54.1 Å². The van der Waals surface area contributed by atoms with E-state index in [1.807, 2.05) is 48.5 Å². The van der Waals surface area contributed by atoms with Crippen molar-refractivity contribution in [2.24, 2.45) is 5.73 Å². The Balaban J connectivity index is 2.34. The zero-order valence-corrected chi connectivity index (χ0v) is 12.3. The van der Waals surface area contributed by atoms with E-state index in [1.165, 1.54) is 0 Å². The number of amides is 1. The van der Waals surface area contributed by atoms with Crippen molar-refractivity contribution in [2.45, 2.75) is 5.75 Å². The quantitative estimate of drug-likeness (QED) is 0.923. The number of primary amides is 1. The van der Waals surface area contributed by atoms with Crippen LogP contribution in [0.1, 0.15) is 5.56 Å². The summed E-state index contributed by atoms with van der Waals surface area (Å²) in [6.45, 7) is 0. The molecule has 2 aromatic carbocycles. The summed E-state index contributed by atoms with van der Waals surface area (Å²) >= 11 is 6.20. The Morgan fingerprint density at radius 3 is 2.30 bits per heavy atom. The van der Waals surface area contributed by atoms with Crippen LogP contribution in [0, 0.1) is 0 Å². The van der Waals surface area contributed by atoms with E-state index in [0.29, 0.717) is 5.02 Å². The van der Waals surface area contributed by atoms with Gasteiger partial charge in [-0.15, -0.1) is 0 Å². The molecule has 0 unspecified atom stereocenters. The van der Waals surface area contributed by atoms with Crippen LogP contribution >= 0.6 is 11.6 Å². The van der Waals surface area contributed by atoms with Crippen molar-refractivity contribution < 1.29 is 9.00 Å². The van der Waals surface area contributed by atoms with Crippen LogP contribution in [-0.2, 0) is 21.3 Å². The van der Waals surface area contributed by atoms with E-state index in [1.54, 1.807) is 0 Å². The predicted molar refractivity (Wildman–Crippen MR) is 82.8 cm³/mol. The molecule has 0 aliphatic carbocycles. The molecule has 2 rings (SSSR count). The maximum Gasteiger partial charge on any atom is 0.230 e. The predicted octanol–water partition coefficient (Wildman–Crippen LogP) is 2.74. The molecular formula is C15H14ClNO2S. The maximum atomic E-state index is 11.9. The molecule has 0 aromatic heterocycles. The lowest BCUT2D eigenvalue weighted by Gasteiger charge is -2.10. The molecule has 0 bridgehead atoms. The summed E-state index contributed by atoms with van der Waals surface area (Å²) < 4.78 is 11.9. The summed E-state index contributed by atoms with van der Waals surface area (Å²) in [4.78, 5) is 10.8. The topological polar surface area (TPSA) is 60.2 Å². The summed E-state index contributed by atoms with van der Waals surface area (Å²) in [6.07, 6.45) is 0. The molecule has 0 aliphatic rings. The zero-order valence-electron chi connectivity index (χ0n) is 10.7. The molecule has 2 aromatic rings. The van der Waals surface area contributed by atoms with Crippen LogP contribution in [0.5, 0.6) is 0 Å². The second-order valence-corrected chi connectivity index (χ2v) is 6.20. The molecule has 0 aliphatic heterocycles.